The van der Waals surface area contributed by atoms with E-state index in [0.29, 0.717) is 18.1 Å². The second kappa shape index (κ2) is 5.55. The predicted molar refractivity (Wildman–Crippen MR) is 82.8 cm³/mol. The Morgan fingerprint density at radius 3 is 2.32 bits per heavy atom. The summed E-state index contributed by atoms with van der Waals surface area (Å²) in [5.74, 6) is -2.83. The van der Waals surface area contributed by atoms with E-state index in [1.807, 2.05) is 0 Å². The van der Waals surface area contributed by atoms with E-state index >= 15 is 0 Å². The van der Waals surface area contributed by atoms with E-state index in [0.717, 1.165) is 5.56 Å². The average Bonchev–Trinajstić information content (AvgIpc) is 2.87. The normalized spacial score (nSPS) is 15.5. The summed E-state index contributed by atoms with van der Waals surface area (Å²) in [4.78, 5) is 53.5. The van der Waals surface area contributed by atoms with Crippen molar-refractivity contribution in [2.24, 2.45) is 0 Å². The summed E-state index contributed by atoms with van der Waals surface area (Å²) in [5, 5.41) is 0.435. The van der Waals surface area contributed by atoms with Crippen LogP contribution in [-0.2, 0) is 16.0 Å². The van der Waals surface area contributed by atoms with Gasteiger partial charge in [0.1, 0.15) is 0 Å². The molecule has 2 amide bonds. The minimum Gasteiger partial charge on any atom is -0.462 e. The Bertz CT molecular complexity index is 913. The molecule has 0 N–H and O–H groups in total. The molecule has 0 atom stereocenters. The lowest BCUT2D eigenvalue weighted by molar-refractivity contribution is -0.0584. The van der Waals surface area contributed by atoms with Gasteiger partial charge in [-0.3, -0.25) is 9.59 Å². The van der Waals surface area contributed by atoms with Crippen LogP contribution in [0.25, 0.3) is 0 Å². The number of nitrogens with zero attached hydrogens (tertiary/aromatic N) is 1. The second-order valence-corrected chi connectivity index (χ2v) is 5.59. The van der Waals surface area contributed by atoms with Crippen LogP contribution in [0.5, 0.6) is 0 Å². The third kappa shape index (κ3) is 2.37. The van der Waals surface area contributed by atoms with Crippen molar-refractivity contribution in [1.29, 1.82) is 0 Å². The van der Waals surface area contributed by atoms with Gasteiger partial charge in [0.15, 0.2) is 0 Å². The number of esters is 1. The van der Waals surface area contributed by atoms with Gasteiger partial charge in [-0.2, -0.15) is 0 Å². The molecule has 0 bridgehead atoms. The molecule has 2 aromatic carbocycles. The van der Waals surface area contributed by atoms with Gasteiger partial charge in [-0.25, -0.2) is 9.59 Å². The molecule has 7 heteroatoms. The summed E-state index contributed by atoms with van der Waals surface area (Å²) in [6.45, 7) is 0.296. The van der Waals surface area contributed by atoms with Crippen molar-refractivity contribution in [3.63, 3.8) is 0 Å². The number of ether oxygens (including phenoxy) is 1. The van der Waals surface area contributed by atoms with Crippen molar-refractivity contribution in [3.05, 3.63) is 70.3 Å². The van der Waals surface area contributed by atoms with E-state index in [1.54, 1.807) is 18.2 Å². The molecule has 124 valence electrons. The minimum atomic E-state index is -0.907. The molecule has 2 aliphatic rings. The van der Waals surface area contributed by atoms with Crippen molar-refractivity contribution < 1.29 is 28.8 Å². The third-order valence-electron chi connectivity index (χ3n) is 4.10. The first-order chi connectivity index (χ1) is 12.1. The van der Waals surface area contributed by atoms with Gasteiger partial charge in [-0.05, 0) is 29.8 Å². The lowest BCUT2D eigenvalue weighted by atomic mass is 10.00. The molecule has 0 unspecified atom stereocenters. The van der Waals surface area contributed by atoms with E-state index in [9.17, 15) is 19.2 Å². The number of benzene rings is 2. The fraction of sp³-hybridized carbons (Fsp3) is 0.111. The lowest BCUT2D eigenvalue weighted by Gasteiger charge is -2.17. The highest BCUT2D eigenvalue weighted by Crippen LogP contribution is 2.24. The topological polar surface area (TPSA) is 90.0 Å². The summed E-state index contributed by atoms with van der Waals surface area (Å²) in [6, 6.07) is 10.7. The van der Waals surface area contributed by atoms with Crippen LogP contribution in [0, 0.1) is 0 Å². The van der Waals surface area contributed by atoms with Crippen LogP contribution in [0.15, 0.2) is 42.5 Å². The quantitative estimate of drug-likeness (QED) is 0.613. The van der Waals surface area contributed by atoms with Crippen molar-refractivity contribution in [2.75, 3.05) is 6.61 Å². The highest BCUT2D eigenvalue weighted by Gasteiger charge is 2.38. The first-order valence-corrected chi connectivity index (χ1v) is 7.56. The Hall–Kier alpha value is -3.48. The molecule has 0 radical (unpaired) electrons. The van der Waals surface area contributed by atoms with E-state index in [2.05, 4.69) is 0 Å². The molecule has 2 heterocycles. The van der Waals surface area contributed by atoms with Crippen LogP contribution in [0.1, 0.15) is 47.0 Å². The maximum atomic E-state index is 12.3. The van der Waals surface area contributed by atoms with Crippen LogP contribution in [0.4, 0.5) is 0 Å². The summed E-state index contributed by atoms with van der Waals surface area (Å²) in [5.41, 5.74) is 1.45. The smallest absolute Gasteiger partial charge is 0.363 e. The summed E-state index contributed by atoms with van der Waals surface area (Å²) in [7, 11) is 0. The van der Waals surface area contributed by atoms with Gasteiger partial charge < -0.3 is 9.57 Å². The molecule has 0 saturated heterocycles. The summed E-state index contributed by atoms with van der Waals surface area (Å²) >= 11 is 0. The van der Waals surface area contributed by atoms with E-state index < -0.39 is 23.8 Å². The maximum absolute atomic E-state index is 12.3. The molecule has 0 fully saturated rings. The number of cyclic esters (lactones) is 1. The fourth-order valence-electron chi connectivity index (χ4n) is 2.83. The fourth-order valence-corrected chi connectivity index (χ4v) is 2.83. The van der Waals surface area contributed by atoms with Crippen molar-refractivity contribution >= 4 is 23.8 Å². The molecular formula is C18H11NO6. The van der Waals surface area contributed by atoms with Gasteiger partial charge in [0.2, 0.25) is 0 Å². The molecule has 2 aromatic rings. The van der Waals surface area contributed by atoms with Gasteiger partial charge in [-0.1, -0.05) is 23.3 Å². The van der Waals surface area contributed by atoms with E-state index in [4.69, 9.17) is 9.57 Å². The lowest BCUT2D eigenvalue weighted by Crippen LogP contribution is -2.32. The Morgan fingerprint density at radius 1 is 0.960 bits per heavy atom. The summed E-state index contributed by atoms with van der Waals surface area (Å²) in [6.07, 6.45) is 0.564. The molecule has 0 saturated carbocycles. The zero-order chi connectivity index (χ0) is 17.6. The van der Waals surface area contributed by atoms with Gasteiger partial charge in [0.25, 0.3) is 11.8 Å². The number of rotatable bonds is 2. The van der Waals surface area contributed by atoms with Crippen molar-refractivity contribution in [2.45, 2.75) is 6.42 Å². The van der Waals surface area contributed by atoms with Gasteiger partial charge >= 0.3 is 11.9 Å². The van der Waals surface area contributed by atoms with Gasteiger partial charge in [0.05, 0.1) is 28.9 Å². The minimum absolute atomic E-state index is 0.0501. The Kier molecular flexibility index (Phi) is 3.35. The maximum Gasteiger partial charge on any atom is 0.363 e. The highest BCUT2D eigenvalue weighted by atomic mass is 16.7. The van der Waals surface area contributed by atoms with Gasteiger partial charge in [-0.15, -0.1) is 0 Å². The number of amides is 2. The monoisotopic (exact) mass is 337 g/mol. The standard InChI is InChI=1S/C18H11NO6/c20-15-12-3-1-2-4-13(12)16(21)19(15)25-17(22)11-6-5-10-7-8-24-18(23)14(10)9-11/h1-6,9H,7-8H2. The first-order valence-electron chi connectivity index (χ1n) is 7.56. The molecule has 0 spiro atoms. The van der Waals surface area contributed by atoms with E-state index in [-0.39, 0.29) is 22.3 Å². The predicted octanol–water partition coefficient (Wildman–Crippen LogP) is 1.77. The Labute approximate surface area is 141 Å². The number of hydroxylamine groups is 2. The third-order valence-corrected chi connectivity index (χ3v) is 4.10. The zero-order valence-corrected chi connectivity index (χ0v) is 12.9. The Morgan fingerprint density at radius 2 is 1.64 bits per heavy atom. The summed E-state index contributed by atoms with van der Waals surface area (Å²) < 4.78 is 4.94. The number of hydrogen-bond donors (Lipinski definition) is 0. The number of carbonyl (C=O) groups is 4. The van der Waals surface area contributed by atoms with Crippen LogP contribution < -0.4 is 0 Å². The van der Waals surface area contributed by atoms with Gasteiger partial charge in [0, 0.05) is 6.42 Å². The number of carbonyl (C=O) groups excluding carboxylic acids is 4. The number of imide groups is 1. The molecule has 0 aliphatic carbocycles. The average molecular weight is 337 g/mol. The van der Waals surface area contributed by atoms with Crippen LogP contribution in [0.2, 0.25) is 0 Å². The molecule has 4 rings (SSSR count). The van der Waals surface area contributed by atoms with Crippen molar-refractivity contribution in [1.82, 2.24) is 5.06 Å². The molecular weight excluding hydrogens is 326 g/mol. The first kappa shape index (κ1) is 15.1. The van der Waals surface area contributed by atoms with Crippen LogP contribution in [0.3, 0.4) is 0 Å². The second-order valence-electron chi connectivity index (χ2n) is 5.59. The zero-order valence-electron chi connectivity index (χ0n) is 12.9. The molecule has 25 heavy (non-hydrogen) atoms. The van der Waals surface area contributed by atoms with Crippen LogP contribution >= 0.6 is 0 Å². The molecule has 0 aromatic heterocycles. The Balaban J connectivity index is 1.59. The van der Waals surface area contributed by atoms with Crippen molar-refractivity contribution in [3.8, 4) is 0 Å². The molecule has 2 aliphatic heterocycles. The number of hydrogen-bond acceptors (Lipinski definition) is 6. The number of fused-ring (bicyclic) bond motifs is 2. The largest absolute Gasteiger partial charge is 0.462 e. The molecule has 7 nitrogen and oxygen atoms in total. The van der Waals surface area contributed by atoms with Crippen LogP contribution in [-0.4, -0.2) is 35.4 Å². The van der Waals surface area contributed by atoms with E-state index in [1.165, 1.54) is 24.3 Å². The SMILES string of the molecule is O=C(ON1C(=O)c2ccccc2C1=O)c1ccc2c(c1)C(=O)OCC2. The highest BCUT2D eigenvalue weighted by molar-refractivity contribution is 6.21.